The lowest BCUT2D eigenvalue weighted by molar-refractivity contribution is 0.505. The van der Waals surface area contributed by atoms with Gasteiger partial charge in [0.15, 0.2) is 0 Å². The van der Waals surface area contributed by atoms with E-state index < -0.39 is 19.9 Å². The number of hydrogen-bond donors (Lipinski definition) is 2. The van der Waals surface area contributed by atoms with Crippen molar-refractivity contribution in [3.05, 3.63) is 16.3 Å². The van der Waals surface area contributed by atoms with Crippen molar-refractivity contribution in [1.82, 2.24) is 10.0 Å². The second-order valence-electron chi connectivity index (χ2n) is 4.83. The van der Waals surface area contributed by atoms with Gasteiger partial charge in [-0.25, -0.2) is 21.6 Å². The number of thiophene rings is 1. The maximum absolute atomic E-state index is 12.2. The van der Waals surface area contributed by atoms with E-state index in [0.717, 1.165) is 4.88 Å². The Hall–Kier alpha value is -0.480. The summed E-state index contributed by atoms with van der Waals surface area (Å²) in [5.41, 5.74) is 0. The molecule has 1 aliphatic heterocycles. The van der Waals surface area contributed by atoms with E-state index in [1.54, 1.807) is 18.5 Å². The normalized spacial score (nSPS) is 20.1. The number of rotatable bonds is 5. The molecule has 0 saturated carbocycles. The maximum atomic E-state index is 12.2. The molecule has 2 rings (SSSR count). The van der Waals surface area contributed by atoms with E-state index >= 15 is 0 Å². The Kier molecular flexibility index (Phi) is 4.85. The fraction of sp³-hybridized carbons (Fsp3) is 0.636. The highest BCUT2D eigenvalue weighted by atomic mass is 32.2. The van der Waals surface area contributed by atoms with Crippen LogP contribution >= 0.6 is 11.3 Å². The van der Waals surface area contributed by atoms with Gasteiger partial charge >= 0.3 is 0 Å². The Bertz CT molecular complexity index is 650. The minimum Gasteiger partial charge on any atom is -0.315 e. The molecule has 114 valence electrons. The van der Waals surface area contributed by atoms with Gasteiger partial charge in [0.25, 0.3) is 0 Å². The van der Waals surface area contributed by atoms with E-state index in [9.17, 15) is 16.8 Å². The van der Waals surface area contributed by atoms with Crippen molar-refractivity contribution in [3.63, 3.8) is 0 Å². The fourth-order valence-electron chi connectivity index (χ4n) is 2.06. The average Bonchev–Trinajstić information content (AvgIpc) is 2.82. The number of nitrogens with one attached hydrogen (secondary N) is 2. The lowest BCUT2D eigenvalue weighted by Gasteiger charge is -2.22. The summed E-state index contributed by atoms with van der Waals surface area (Å²) in [7, 11) is -4.74. The van der Waals surface area contributed by atoms with Crippen molar-refractivity contribution in [2.75, 3.05) is 18.6 Å². The molecule has 0 atom stereocenters. The fourth-order valence-corrected chi connectivity index (χ4v) is 6.15. The molecule has 0 aliphatic carbocycles. The Morgan fingerprint density at radius 2 is 2.00 bits per heavy atom. The van der Waals surface area contributed by atoms with Crippen molar-refractivity contribution in [2.24, 2.45) is 0 Å². The van der Waals surface area contributed by atoms with E-state index in [1.165, 1.54) is 11.3 Å². The van der Waals surface area contributed by atoms with Crippen LogP contribution in [0.5, 0.6) is 0 Å². The van der Waals surface area contributed by atoms with Crippen LogP contribution in [0.2, 0.25) is 0 Å². The molecule has 1 aliphatic rings. The van der Waals surface area contributed by atoms with Crippen molar-refractivity contribution < 1.29 is 16.8 Å². The summed E-state index contributed by atoms with van der Waals surface area (Å²) in [6.45, 7) is 0.627. The van der Waals surface area contributed by atoms with Crippen LogP contribution in [-0.4, -0.2) is 41.4 Å². The first kappa shape index (κ1) is 15.9. The second kappa shape index (κ2) is 6.10. The smallest absolute Gasteiger partial charge is 0.241 e. The quantitative estimate of drug-likeness (QED) is 0.807. The van der Waals surface area contributed by atoms with Crippen molar-refractivity contribution >= 4 is 31.2 Å². The molecular weight excluding hydrogens is 320 g/mol. The summed E-state index contributed by atoms with van der Waals surface area (Å²) in [6, 6.07) is 1.35. The lowest BCUT2D eigenvalue weighted by atomic mass is 10.2. The molecule has 1 aromatic heterocycles. The zero-order valence-corrected chi connectivity index (χ0v) is 13.6. The van der Waals surface area contributed by atoms with Crippen LogP contribution in [0.3, 0.4) is 0 Å². The second-order valence-corrected chi connectivity index (χ2v) is 9.84. The molecule has 1 saturated heterocycles. The third kappa shape index (κ3) is 4.01. The van der Waals surface area contributed by atoms with E-state index in [-0.39, 0.29) is 22.4 Å². The largest absolute Gasteiger partial charge is 0.315 e. The predicted molar refractivity (Wildman–Crippen MR) is 79.1 cm³/mol. The Morgan fingerprint density at radius 3 is 2.60 bits per heavy atom. The van der Waals surface area contributed by atoms with Gasteiger partial charge in [0.2, 0.25) is 10.0 Å². The zero-order chi connectivity index (χ0) is 14.8. The highest BCUT2D eigenvalue weighted by molar-refractivity contribution is 7.91. The molecule has 6 nitrogen and oxygen atoms in total. The monoisotopic (exact) mass is 338 g/mol. The molecule has 1 fully saturated rings. The maximum Gasteiger partial charge on any atom is 0.241 e. The van der Waals surface area contributed by atoms with E-state index in [1.807, 2.05) is 0 Å². The zero-order valence-electron chi connectivity index (χ0n) is 11.1. The minimum absolute atomic E-state index is 0.0504. The topological polar surface area (TPSA) is 92.3 Å². The molecule has 20 heavy (non-hydrogen) atoms. The Labute approximate surface area is 123 Å². The van der Waals surface area contributed by atoms with Crippen LogP contribution in [0.1, 0.15) is 17.7 Å². The SMILES string of the molecule is CNCc1cc(S(=O)(=O)NC2CCS(=O)(=O)CC2)cs1. The summed E-state index contributed by atoms with van der Waals surface area (Å²) >= 11 is 1.39. The van der Waals surface area contributed by atoms with Crippen LogP contribution in [0, 0.1) is 0 Å². The van der Waals surface area contributed by atoms with Crippen molar-refractivity contribution in [2.45, 2.75) is 30.3 Å². The van der Waals surface area contributed by atoms with Gasteiger partial charge in [0.1, 0.15) is 9.84 Å². The minimum atomic E-state index is -3.56. The van der Waals surface area contributed by atoms with Gasteiger partial charge in [-0.05, 0) is 26.0 Å². The number of hydrogen-bond acceptors (Lipinski definition) is 6. The molecule has 0 aromatic carbocycles. The summed E-state index contributed by atoms with van der Waals surface area (Å²) in [4.78, 5) is 1.19. The van der Waals surface area contributed by atoms with Gasteiger partial charge in [0.05, 0.1) is 16.4 Å². The molecule has 0 amide bonds. The first-order valence-corrected chi connectivity index (χ1v) is 10.5. The summed E-state index contributed by atoms with van der Waals surface area (Å²) in [6.07, 6.45) is 0.685. The highest BCUT2D eigenvalue weighted by Gasteiger charge is 2.27. The first-order chi connectivity index (χ1) is 9.32. The van der Waals surface area contributed by atoms with Gasteiger partial charge in [-0.15, -0.1) is 11.3 Å². The van der Waals surface area contributed by atoms with Gasteiger partial charge in [0, 0.05) is 22.8 Å². The van der Waals surface area contributed by atoms with E-state index in [0.29, 0.717) is 19.4 Å². The number of sulfonamides is 1. The molecule has 0 unspecified atom stereocenters. The molecule has 0 radical (unpaired) electrons. The third-order valence-corrected chi connectivity index (χ3v) is 7.47. The molecule has 1 aromatic rings. The Morgan fingerprint density at radius 1 is 1.35 bits per heavy atom. The molecule has 2 N–H and O–H groups in total. The van der Waals surface area contributed by atoms with Gasteiger partial charge in [-0.1, -0.05) is 0 Å². The molecule has 0 bridgehead atoms. The van der Waals surface area contributed by atoms with Crippen molar-refractivity contribution in [3.8, 4) is 0 Å². The summed E-state index contributed by atoms with van der Waals surface area (Å²) in [5, 5.41) is 4.57. The first-order valence-electron chi connectivity index (χ1n) is 6.27. The molecule has 0 spiro atoms. The van der Waals surface area contributed by atoms with Crippen LogP contribution in [0.15, 0.2) is 16.3 Å². The standard InChI is InChI=1S/C11H18N2O4S3/c1-12-7-10-6-11(8-18-10)20(16,17)13-9-2-4-19(14,15)5-3-9/h6,8-9,12-13H,2-5,7H2,1H3. The molecule has 2 heterocycles. The average molecular weight is 338 g/mol. The van der Waals surface area contributed by atoms with Crippen LogP contribution in [0.4, 0.5) is 0 Å². The van der Waals surface area contributed by atoms with Gasteiger partial charge in [-0.3, -0.25) is 0 Å². The van der Waals surface area contributed by atoms with E-state index in [4.69, 9.17) is 0 Å². The predicted octanol–water partition coefficient (Wildman–Crippen LogP) is 0.323. The molecule has 9 heteroatoms. The van der Waals surface area contributed by atoms with Crippen molar-refractivity contribution in [1.29, 1.82) is 0 Å². The van der Waals surface area contributed by atoms with Gasteiger partial charge < -0.3 is 5.32 Å². The summed E-state index contributed by atoms with van der Waals surface area (Å²) < 4.78 is 49.7. The number of sulfone groups is 1. The Balaban J connectivity index is 2.03. The van der Waals surface area contributed by atoms with E-state index in [2.05, 4.69) is 10.0 Å². The summed E-state index contributed by atoms with van der Waals surface area (Å²) in [5.74, 6) is 0.101. The lowest BCUT2D eigenvalue weighted by Crippen LogP contribution is -2.40. The van der Waals surface area contributed by atoms with Crippen LogP contribution in [0.25, 0.3) is 0 Å². The molecular formula is C11H18N2O4S3. The van der Waals surface area contributed by atoms with Crippen LogP contribution in [-0.2, 0) is 26.4 Å². The third-order valence-electron chi connectivity index (χ3n) is 3.17. The highest BCUT2D eigenvalue weighted by Crippen LogP contribution is 2.21. The van der Waals surface area contributed by atoms with Crippen LogP contribution < -0.4 is 10.0 Å². The van der Waals surface area contributed by atoms with Gasteiger partial charge in [-0.2, -0.15) is 0 Å².